The summed E-state index contributed by atoms with van der Waals surface area (Å²) in [5.74, 6) is 1.20. The van der Waals surface area contributed by atoms with E-state index in [0.29, 0.717) is 11.8 Å². The molecule has 1 nitrogen and oxygen atoms in total. The molecule has 0 fully saturated rings. The first kappa shape index (κ1) is 16.3. The van der Waals surface area contributed by atoms with Crippen LogP contribution < -0.4 is 5.32 Å². The molecular weight excluding hydrogens is 322 g/mol. The SMILES string of the molecule is CC(C)CNCC(Cc1ccccc1)c1ccc(Br)cc1. The maximum Gasteiger partial charge on any atom is 0.0175 e. The van der Waals surface area contributed by atoms with Crippen LogP contribution in [0.4, 0.5) is 0 Å². The molecule has 2 aromatic carbocycles. The van der Waals surface area contributed by atoms with Crippen molar-refractivity contribution < 1.29 is 0 Å². The minimum Gasteiger partial charge on any atom is -0.316 e. The van der Waals surface area contributed by atoms with Crippen LogP contribution >= 0.6 is 15.9 Å². The summed E-state index contributed by atoms with van der Waals surface area (Å²) >= 11 is 3.52. The lowest BCUT2D eigenvalue weighted by Gasteiger charge is -2.19. The van der Waals surface area contributed by atoms with Crippen LogP contribution in [0.2, 0.25) is 0 Å². The quantitative estimate of drug-likeness (QED) is 0.742. The molecule has 0 spiro atoms. The molecular formula is C19H24BrN. The highest BCUT2D eigenvalue weighted by atomic mass is 79.9. The molecule has 2 aromatic rings. The second-order valence-corrected chi connectivity index (χ2v) is 6.91. The molecule has 2 rings (SSSR count). The van der Waals surface area contributed by atoms with Crippen molar-refractivity contribution in [1.29, 1.82) is 0 Å². The fraction of sp³-hybridized carbons (Fsp3) is 0.368. The van der Waals surface area contributed by atoms with Crippen molar-refractivity contribution in [2.45, 2.75) is 26.2 Å². The first-order chi connectivity index (χ1) is 10.1. The fourth-order valence-corrected chi connectivity index (χ4v) is 2.75. The standard InChI is InChI=1S/C19H24BrN/c1-15(2)13-21-14-18(12-16-6-4-3-5-7-16)17-8-10-19(20)11-9-17/h3-11,15,18,21H,12-14H2,1-2H3. The third kappa shape index (κ3) is 5.64. The summed E-state index contributed by atoms with van der Waals surface area (Å²) in [5, 5.41) is 3.61. The van der Waals surface area contributed by atoms with Crippen LogP contribution in [0.15, 0.2) is 59.1 Å². The molecule has 2 heteroatoms. The summed E-state index contributed by atoms with van der Waals surface area (Å²) in [6.07, 6.45) is 1.08. The monoisotopic (exact) mass is 345 g/mol. The van der Waals surface area contributed by atoms with E-state index in [4.69, 9.17) is 0 Å². The van der Waals surface area contributed by atoms with E-state index in [1.807, 2.05) is 0 Å². The second kappa shape index (κ2) is 8.35. The van der Waals surface area contributed by atoms with E-state index in [9.17, 15) is 0 Å². The van der Waals surface area contributed by atoms with Gasteiger partial charge in [-0.05, 0) is 42.1 Å². The Morgan fingerprint density at radius 3 is 2.19 bits per heavy atom. The van der Waals surface area contributed by atoms with Gasteiger partial charge in [0.2, 0.25) is 0 Å². The van der Waals surface area contributed by atoms with Gasteiger partial charge in [0.1, 0.15) is 0 Å². The number of halogens is 1. The van der Waals surface area contributed by atoms with Crippen LogP contribution in [-0.4, -0.2) is 13.1 Å². The normalized spacial score (nSPS) is 12.6. The van der Waals surface area contributed by atoms with E-state index < -0.39 is 0 Å². The molecule has 0 aromatic heterocycles. The van der Waals surface area contributed by atoms with Gasteiger partial charge in [-0.25, -0.2) is 0 Å². The largest absolute Gasteiger partial charge is 0.316 e. The lowest BCUT2D eigenvalue weighted by Crippen LogP contribution is -2.26. The number of hydrogen-bond acceptors (Lipinski definition) is 1. The number of nitrogens with one attached hydrogen (secondary N) is 1. The number of benzene rings is 2. The average Bonchev–Trinajstić information content (AvgIpc) is 2.48. The summed E-state index contributed by atoms with van der Waals surface area (Å²) in [7, 11) is 0. The summed E-state index contributed by atoms with van der Waals surface area (Å²) < 4.78 is 1.14. The Bertz CT molecular complexity index is 519. The maximum absolute atomic E-state index is 3.61. The molecule has 0 radical (unpaired) electrons. The van der Waals surface area contributed by atoms with Gasteiger partial charge in [-0.1, -0.05) is 72.2 Å². The molecule has 0 amide bonds. The molecule has 0 saturated heterocycles. The molecule has 0 saturated carbocycles. The molecule has 1 unspecified atom stereocenters. The molecule has 1 atom stereocenters. The van der Waals surface area contributed by atoms with Gasteiger partial charge in [0.05, 0.1) is 0 Å². The lowest BCUT2D eigenvalue weighted by molar-refractivity contribution is 0.514. The Morgan fingerprint density at radius 1 is 0.905 bits per heavy atom. The average molecular weight is 346 g/mol. The van der Waals surface area contributed by atoms with E-state index in [2.05, 4.69) is 89.7 Å². The summed E-state index contributed by atoms with van der Waals surface area (Å²) in [6.45, 7) is 6.59. The van der Waals surface area contributed by atoms with Gasteiger partial charge in [-0.2, -0.15) is 0 Å². The minimum atomic E-state index is 0.513. The number of rotatable bonds is 7. The highest BCUT2D eigenvalue weighted by Crippen LogP contribution is 2.22. The van der Waals surface area contributed by atoms with Crippen LogP contribution in [-0.2, 0) is 6.42 Å². The highest BCUT2D eigenvalue weighted by Gasteiger charge is 2.12. The first-order valence-electron chi connectivity index (χ1n) is 7.65. The zero-order valence-electron chi connectivity index (χ0n) is 12.9. The Hall–Kier alpha value is -1.12. The lowest BCUT2D eigenvalue weighted by atomic mass is 9.92. The number of hydrogen-bond donors (Lipinski definition) is 1. The molecule has 0 aliphatic rings. The van der Waals surface area contributed by atoms with E-state index in [1.54, 1.807) is 0 Å². The summed E-state index contributed by atoms with van der Waals surface area (Å²) in [5.41, 5.74) is 2.80. The molecule has 1 N–H and O–H groups in total. The van der Waals surface area contributed by atoms with E-state index >= 15 is 0 Å². The summed E-state index contributed by atoms with van der Waals surface area (Å²) in [4.78, 5) is 0. The van der Waals surface area contributed by atoms with Crippen molar-refractivity contribution >= 4 is 15.9 Å². The molecule has 0 aliphatic carbocycles. The van der Waals surface area contributed by atoms with Gasteiger partial charge in [0.15, 0.2) is 0 Å². The van der Waals surface area contributed by atoms with E-state index in [-0.39, 0.29) is 0 Å². The minimum absolute atomic E-state index is 0.513. The van der Waals surface area contributed by atoms with Crippen molar-refractivity contribution in [3.63, 3.8) is 0 Å². The van der Waals surface area contributed by atoms with Crippen LogP contribution in [0.1, 0.15) is 30.9 Å². The van der Waals surface area contributed by atoms with Crippen molar-refractivity contribution in [2.75, 3.05) is 13.1 Å². The molecule has 0 heterocycles. The van der Waals surface area contributed by atoms with E-state index in [0.717, 1.165) is 24.0 Å². The van der Waals surface area contributed by atoms with Crippen LogP contribution in [0, 0.1) is 5.92 Å². The Kier molecular flexibility index (Phi) is 6.47. The van der Waals surface area contributed by atoms with Crippen molar-refractivity contribution in [3.8, 4) is 0 Å². The Morgan fingerprint density at radius 2 is 1.57 bits per heavy atom. The predicted molar refractivity (Wildman–Crippen MR) is 94.7 cm³/mol. The van der Waals surface area contributed by atoms with Crippen LogP contribution in [0.3, 0.4) is 0 Å². The highest BCUT2D eigenvalue weighted by molar-refractivity contribution is 9.10. The second-order valence-electron chi connectivity index (χ2n) is 5.99. The zero-order chi connectivity index (χ0) is 15.1. The van der Waals surface area contributed by atoms with Gasteiger partial charge in [0, 0.05) is 16.9 Å². The predicted octanol–water partition coefficient (Wildman–Crippen LogP) is 5.02. The van der Waals surface area contributed by atoms with Gasteiger partial charge in [-0.3, -0.25) is 0 Å². The van der Waals surface area contributed by atoms with Gasteiger partial charge >= 0.3 is 0 Å². The molecule has 112 valence electrons. The fourth-order valence-electron chi connectivity index (χ4n) is 2.49. The van der Waals surface area contributed by atoms with Crippen LogP contribution in [0.25, 0.3) is 0 Å². The molecule has 0 bridgehead atoms. The maximum atomic E-state index is 3.61. The third-order valence-corrected chi connectivity index (χ3v) is 4.14. The summed E-state index contributed by atoms with van der Waals surface area (Å²) in [6, 6.07) is 19.5. The molecule has 0 aliphatic heterocycles. The topological polar surface area (TPSA) is 12.0 Å². The Labute approximate surface area is 136 Å². The van der Waals surface area contributed by atoms with Crippen LogP contribution in [0.5, 0.6) is 0 Å². The van der Waals surface area contributed by atoms with Crippen molar-refractivity contribution in [3.05, 3.63) is 70.2 Å². The third-order valence-electron chi connectivity index (χ3n) is 3.61. The van der Waals surface area contributed by atoms with Crippen molar-refractivity contribution in [1.82, 2.24) is 5.32 Å². The smallest absolute Gasteiger partial charge is 0.0175 e. The van der Waals surface area contributed by atoms with Gasteiger partial charge < -0.3 is 5.32 Å². The van der Waals surface area contributed by atoms with Gasteiger partial charge in [-0.15, -0.1) is 0 Å². The first-order valence-corrected chi connectivity index (χ1v) is 8.44. The zero-order valence-corrected chi connectivity index (χ0v) is 14.4. The van der Waals surface area contributed by atoms with Gasteiger partial charge in [0.25, 0.3) is 0 Å². The van der Waals surface area contributed by atoms with Crippen molar-refractivity contribution in [2.24, 2.45) is 5.92 Å². The Balaban J connectivity index is 2.08. The van der Waals surface area contributed by atoms with E-state index in [1.165, 1.54) is 11.1 Å². The molecule has 21 heavy (non-hydrogen) atoms.